The Labute approximate surface area is 857 Å². The van der Waals surface area contributed by atoms with Crippen molar-refractivity contribution in [3.63, 3.8) is 0 Å². The molecule has 0 spiro atoms. The topological polar surface area (TPSA) is 26.2 Å². The molecule has 0 N–H and O–H groups in total. The van der Waals surface area contributed by atoms with E-state index >= 15 is 0 Å². The molecule has 0 amide bonds. The average Bonchev–Trinajstić information content (AvgIpc) is 1.58. The van der Waals surface area contributed by atoms with Crippen LogP contribution in [0, 0.1) is 0 Å². The van der Waals surface area contributed by atoms with Gasteiger partial charge in [0.05, 0.1) is 44.1 Å². The third-order valence-electron chi connectivity index (χ3n) is 30.0. The van der Waals surface area contributed by atoms with Crippen molar-refractivity contribution >= 4 is 164 Å². The molecule has 148 heavy (non-hydrogen) atoms. The van der Waals surface area contributed by atoms with Gasteiger partial charge in [-0.3, -0.25) is 0 Å². The molecule has 0 bridgehead atoms. The first-order chi connectivity index (χ1) is 73.3. The number of benzene rings is 25. The Morgan fingerprint density at radius 2 is 0.257 bits per heavy atom. The summed E-state index contributed by atoms with van der Waals surface area (Å²) in [6, 6.07) is 209. The summed E-state index contributed by atoms with van der Waals surface area (Å²) in [6.07, 6.45) is 0. The largest absolute Gasteiger partial charge is 0.311 e. The Bertz CT molecular complexity index is 9660. The van der Waals surface area contributed by atoms with E-state index in [1.807, 2.05) is 0 Å². The zero-order chi connectivity index (χ0) is 97.6. The maximum atomic E-state index is 2.42. The second kappa shape index (κ2) is 36.4. The van der Waals surface area contributed by atoms with Gasteiger partial charge in [-0.2, -0.15) is 0 Å². The molecule has 0 saturated heterocycles. The number of fused-ring (bicyclic) bond motifs is 16. The molecule has 6 heteroatoms. The third kappa shape index (κ3) is 15.5. The van der Waals surface area contributed by atoms with Crippen molar-refractivity contribution in [1.82, 2.24) is 18.3 Å². The molecule has 692 valence electrons. The second-order valence-electron chi connectivity index (χ2n) is 38.8. The first-order valence-electron chi connectivity index (χ1n) is 50.9. The molecule has 0 fully saturated rings. The maximum Gasteiger partial charge on any atom is 0.0547 e. The van der Waals surface area contributed by atoms with Crippen LogP contribution in [0.4, 0.5) is 34.1 Å². The lowest BCUT2D eigenvalue weighted by Crippen LogP contribution is -2.09. The van der Waals surface area contributed by atoms with Gasteiger partial charge in [0, 0.05) is 100.0 Å². The van der Waals surface area contributed by atoms with E-state index in [-0.39, 0.29) is 0 Å². The molecule has 0 aliphatic carbocycles. The highest BCUT2D eigenvalue weighted by Gasteiger charge is 2.25. The van der Waals surface area contributed by atoms with E-state index in [4.69, 9.17) is 0 Å². The third-order valence-corrected chi connectivity index (χ3v) is 30.0. The number of anilines is 6. The summed E-state index contributed by atoms with van der Waals surface area (Å²) in [5, 5.41) is 19.8. The molecule has 0 saturated carbocycles. The number of rotatable bonds is 17. The predicted octanol–water partition coefficient (Wildman–Crippen LogP) is 39.0. The highest BCUT2D eigenvalue weighted by molar-refractivity contribution is 6.19. The number of hydrogen-bond acceptors (Lipinski definition) is 2. The van der Waals surface area contributed by atoms with Gasteiger partial charge in [0.25, 0.3) is 0 Å². The van der Waals surface area contributed by atoms with Crippen LogP contribution < -0.4 is 9.80 Å². The monoisotopic (exact) mass is 1880 g/mol. The molecule has 0 aliphatic heterocycles. The molecule has 0 radical (unpaired) electrons. The zero-order valence-electron chi connectivity index (χ0n) is 81.0. The molecule has 6 nitrogen and oxygen atoms in total. The van der Waals surface area contributed by atoms with Crippen LogP contribution in [0.3, 0.4) is 0 Å². The summed E-state index contributed by atoms with van der Waals surface area (Å²) in [5.41, 5.74) is 37.2. The summed E-state index contributed by atoms with van der Waals surface area (Å²) in [7, 11) is 0. The average molecular weight is 1880 g/mol. The van der Waals surface area contributed by atoms with Gasteiger partial charge < -0.3 is 28.1 Å². The van der Waals surface area contributed by atoms with Crippen LogP contribution in [0.25, 0.3) is 231 Å². The maximum absolute atomic E-state index is 2.42. The lowest BCUT2D eigenvalue weighted by atomic mass is 9.91. The first-order valence-corrected chi connectivity index (χ1v) is 50.9. The molecule has 25 aromatic carbocycles. The number of nitrogens with zero attached hydrogens (tertiary/aromatic N) is 6. The minimum atomic E-state index is 1.10. The summed E-state index contributed by atoms with van der Waals surface area (Å²) >= 11 is 0. The lowest BCUT2D eigenvalue weighted by Gasteiger charge is -2.25. The van der Waals surface area contributed by atoms with E-state index in [0.29, 0.717) is 0 Å². The Hall–Kier alpha value is -19.7. The highest BCUT2D eigenvalue weighted by atomic mass is 15.1. The van der Waals surface area contributed by atoms with Crippen LogP contribution in [-0.2, 0) is 0 Å². The van der Waals surface area contributed by atoms with Gasteiger partial charge in [-0.05, 0) is 376 Å². The van der Waals surface area contributed by atoms with Gasteiger partial charge in [-0.1, -0.05) is 315 Å². The van der Waals surface area contributed by atoms with Crippen LogP contribution in [-0.4, -0.2) is 18.3 Å². The Morgan fingerprint density at radius 3 is 0.473 bits per heavy atom. The van der Waals surface area contributed by atoms with E-state index in [1.165, 1.54) is 175 Å². The Kier molecular flexibility index (Phi) is 21.2. The van der Waals surface area contributed by atoms with Crippen molar-refractivity contribution in [3.8, 4) is 101 Å². The molecular weight excluding hydrogens is 1790 g/mol. The molecule has 0 unspecified atom stereocenters. The fourth-order valence-corrected chi connectivity index (χ4v) is 22.9. The minimum absolute atomic E-state index is 1.10. The normalized spacial score (nSPS) is 11.6. The van der Waals surface area contributed by atoms with E-state index in [1.54, 1.807) is 0 Å². The van der Waals surface area contributed by atoms with Crippen molar-refractivity contribution in [2.45, 2.75) is 0 Å². The van der Waals surface area contributed by atoms with E-state index < -0.39 is 0 Å². The predicted molar refractivity (Wildman–Crippen MR) is 628 cm³/mol. The van der Waals surface area contributed by atoms with E-state index in [9.17, 15) is 0 Å². The fraction of sp³-hybridized carbons (Fsp3) is 0. The number of hydrogen-bond donors (Lipinski definition) is 0. The highest BCUT2D eigenvalue weighted by Crippen LogP contribution is 2.48. The fourth-order valence-electron chi connectivity index (χ4n) is 22.9. The van der Waals surface area contributed by atoms with Gasteiger partial charge in [0.2, 0.25) is 0 Å². The van der Waals surface area contributed by atoms with Crippen LogP contribution in [0.15, 0.2) is 570 Å². The van der Waals surface area contributed by atoms with E-state index in [2.05, 4.69) is 598 Å². The van der Waals surface area contributed by atoms with Gasteiger partial charge >= 0.3 is 0 Å². The number of aromatic nitrogens is 4. The molecule has 4 aromatic heterocycles. The summed E-state index contributed by atoms with van der Waals surface area (Å²) in [6.45, 7) is 0. The molecule has 29 rings (SSSR count). The van der Waals surface area contributed by atoms with Crippen LogP contribution in [0.5, 0.6) is 0 Å². The van der Waals surface area contributed by atoms with E-state index in [0.717, 1.165) is 90.3 Å². The Morgan fingerprint density at radius 1 is 0.101 bits per heavy atom. The summed E-state index contributed by atoms with van der Waals surface area (Å²) in [5.74, 6) is 0. The van der Waals surface area contributed by atoms with Crippen LogP contribution in [0.2, 0.25) is 0 Å². The standard InChI is InChI=1S/C74H49N3.C68H45N3/c1-5-21-62(22-6-1)75(63-23-7-2-8-24-63)66-37-33-51(34-38-66)50-29-31-52(32-30-50)59-41-60(57-35-39-71-67(46-57)69-44-53-17-13-15-19-55(53)48-73(69)76(71)64-25-9-3-10-26-64)43-61(42-59)58-36-40-72-68(47-58)70-45-54-18-14-16-20-56(54)49-74(70)77(72)65-27-11-4-12-28-65;1-5-21-56(22-6-1)69(57-23-7-2-8-24-57)60-33-29-46(30-34-60)53-37-54(51-31-35-65-61(42-51)63-40-47-17-13-15-19-49(47)44-67(63)70(65)58-25-9-3-10-26-58)39-55(38-53)52-32-36-66-62(43-52)64-41-48-18-14-16-20-50(48)45-68(64)71(66)59-27-11-4-12-28-59/h1-49H;1-45H. The molecule has 0 aliphatic rings. The SMILES string of the molecule is c1ccc(N(c2ccccc2)c2ccc(-c3cc(-c4ccc5c(c4)c4cc6ccccc6cc4n5-c4ccccc4)cc(-c4ccc5c(c4)c4cc6ccccc6cc4n5-c4ccccc4)c3)cc2)cc1.c1ccc(N(c2ccccc2)c2ccc(-c3ccc(-c4cc(-c5ccc6c(c5)c5cc7ccccc7cc5n6-c5ccccc5)cc(-c5ccc6c(c5)c5cc7ccccc7cc5n6-c5ccccc5)c4)cc3)cc2)cc1. The quantitative estimate of drug-likeness (QED) is 0.0908. The second-order valence-corrected chi connectivity index (χ2v) is 38.8. The first kappa shape index (κ1) is 86.2. The molecule has 29 aromatic rings. The van der Waals surface area contributed by atoms with Crippen molar-refractivity contribution in [1.29, 1.82) is 0 Å². The molecule has 4 heterocycles. The molecule has 0 atom stereocenters. The van der Waals surface area contributed by atoms with Gasteiger partial charge in [0.1, 0.15) is 0 Å². The minimum Gasteiger partial charge on any atom is -0.311 e. The smallest absolute Gasteiger partial charge is 0.0547 e. The van der Waals surface area contributed by atoms with Gasteiger partial charge in [0.15, 0.2) is 0 Å². The number of para-hydroxylation sites is 8. The Balaban J connectivity index is 0.000000143. The van der Waals surface area contributed by atoms with Gasteiger partial charge in [-0.25, -0.2) is 0 Å². The van der Waals surface area contributed by atoms with Crippen molar-refractivity contribution in [3.05, 3.63) is 570 Å². The van der Waals surface area contributed by atoms with Crippen LogP contribution in [0.1, 0.15) is 0 Å². The van der Waals surface area contributed by atoms with Gasteiger partial charge in [-0.15, -0.1) is 0 Å². The van der Waals surface area contributed by atoms with Crippen molar-refractivity contribution < 1.29 is 0 Å². The lowest BCUT2D eigenvalue weighted by molar-refractivity contribution is 1.18. The molecular formula is C142H94N6. The van der Waals surface area contributed by atoms with Crippen molar-refractivity contribution in [2.75, 3.05) is 9.80 Å². The van der Waals surface area contributed by atoms with Crippen molar-refractivity contribution in [2.24, 2.45) is 0 Å². The zero-order valence-corrected chi connectivity index (χ0v) is 81.0. The summed E-state index contributed by atoms with van der Waals surface area (Å²) < 4.78 is 9.68. The van der Waals surface area contributed by atoms with Crippen LogP contribution >= 0.6 is 0 Å². The summed E-state index contributed by atoms with van der Waals surface area (Å²) in [4.78, 5) is 4.62.